The molecule has 442 valence electrons. The molecule has 4 amide bonds. The van der Waals surface area contributed by atoms with Gasteiger partial charge in [-0.1, -0.05) is 125 Å². The fourth-order valence-corrected chi connectivity index (χ4v) is 12.0. The van der Waals surface area contributed by atoms with Gasteiger partial charge in [0.2, 0.25) is 0 Å². The number of carbonyl (C=O) groups excluding carboxylic acids is 2. The number of sulfonamides is 2. The first kappa shape index (κ1) is 61.8. The molecule has 11 rings (SSSR count). The quantitative estimate of drug-likeness (QED) is 0.0662. The minimum atomic E-state index is -4.06. The van der Waals surface area contributed by atoms with Crippen LogP contribution in [0, 0.1) is 13.8 Å². The van der Waals surface area contributed by atoms with Gasteiger partial charge in [-0.05, 0) is 143 Å². The van der Waals surface area contributed by atoms with E-state index >= 15 is 0 Å². The maximum atomic E-state index is 13.0. The molecule has 4 aromatic heterocycles. The molecule has 1 aliphatic rings. The van der Waals surface area contributed by atoms with Crippen molar-refractivity contribution in [3.8, 4) is 22.5 Å². The zero-order chi connectivity index (χ0) is 61.1. The van der Waals surface area contributed by atoms with Gasteiger partial charge in [0, 0.05) is 51.7 Å². The van der Waals surface area contributed by atoms with Crippen molar-refractivity contribution >= 4 is 60.6 Å². The van der Waals surface area contributed by atoms with Crippen LogP contribution in [-0.2, 0) is 42.2 Å². The Morgan fingerprint density at radius 2 is 0.953 bits per heavy atom. The number of halogens is 1. The fraction of sp³-hybridized carbons (Fsp3) is 0.188. The van der Waals surface area contributed by atoms with Crippen LogP contribution >= 0.6 is 15.9 Å². The van der Waals surface area contributed by atoms with E-state index in [2.05, 4.69) is 46.0 Å². The molecule has 86 heavy (non-hydrogen) atoms. The van der Waals surface area contributed by atoms with Gasteiger partial charge in [-0.25, -0.2) is 45.8 Å². The van der Waals surface area contributed by atoms with Gasteiger partial charge >= 0.3 is 19.2 Å². The second-order valence-corrected chi connectivity index (χ2v) is 25.4. The lowest BCUT2D eigenvalue weighted by Crippen LogP contribution is -2.42. The predicted octanol–water partition coefficient (Wildman–Crippen LogP) is 11.9. The van der Waals surface area contributed by atoms with Crippen molar-refractivity contribution in [2.24, 2.45) is 0 Å². The molecule has 0 bridgehead atoms. The van der Waals surface area contributed by atoms with E-state index in [0.717, 1.165) is 43.6 Å². The Balaban J connectivity index is 0.000000169. The summed E-state index contributed by atoms with van der Waals surface area (Å²) in [5, 5.41) is 5.65. The Morgan fingerprint density at radius 1 is 0.535 bits per heavy atom. The Hall–Kier alpha value is -8.80. The summed E-state index contributed by atoms with van der Waals surface area (Å²) in [5.41, 5.74) is 7.08. The first-order valence-corrected chi connectivity index (χ1v) is 31.1. The molecular weight excluding hydrogens is 1200 g/mol. The van der Waals surface area contributed by atoms with Crippen LogP contribution in [0.5, 0.6) is 0 Å². The minimum absolute atomic E-state index is 0.0500. The molecule has 2 atom stereocenters. The van der Waals surface area contributed by atoms with Crippen molar-refractivity contribution < 1.29 is 44.6 Å². The molecule has 5 heterocycles. The molecule has 1 fully saturated rings. The number of urea groups is 2. The first-order chi connectivity index (χ1) is 41.2. The number of nitrogens with one attached hydrogen (secondary N) is 4. The van der Waals surface area contributed by atoms with Crippen molar-refractivity contribution in [1.29, 1.82) is 0 Å². The van der Waals surface area contributed by atoms with Crippen molar-refractivity contribution in [1.82, 2.24) is 39.2 Å². The molecule has 10 aromatic rings. The molecule has 22 heteroatoms. The van der Waals surface area contributed by atoms with Crippen LogP contribution in [0.4, 0.5) is 9.59 Å². The first-order valence-electron chi connectivity index (χ1n) is 27.4. The molecule has 1 aliphatic heterocycles. The van der Waals surface area contributed by atoms with Gasteiger partial charge in [-0.15, -0.1) is 0 Å². The van der Waals surface area contributed by atoms with Crippen LogP contribution < -0.4 is 25.5 Å². The third-order valence-corrected chi connectivity index (χ3v) is 18.0. The number of benzene rings is 6. The molecule has 0 saturated carbocycles. The van der Waals surface area contributed by atoms with E-state index in [1.807, 2.05) is 164 Å². The summed E-state index contributed by atoms with van der Waals surface area (Å²) in [6, 6.07) is 48.7. The largest absolute Gasteiger partial charge is 0.498 e. The SMILES string of the molecule is CC1(C)OB(c2ccoc2)OC1(C)C.Cc1ccccc1S(=O)(=O)NC(=O)N[C@@H](Cc1ccccc1)c1nccn1-c1ccc(-c2ccoc2)cc1.Cc1ccccc1S(=O)(=O)NC(=O)N[C@@H](Cc1ccccc1)c1nccn1-c1ccc(Br)cc1. The van der Waals surface area contributed by atoms with Crippen LogP contribution in [0.2, 0.25) is 0 Å². The van der Waals surface area contributed by atoms with E-state index in [1.165, 1.54) is 12.1 Å². The maximum Gasteiger partial charge on any atom is 0.498 e. The van der Waals surface area contributed by atoms with Crippen molar-refractivity contribution in [3.05, 3.63) is 258 Å². The standard InChI is InChI=1S/C29H26N4O4S.C25H23BrN4O3S.C10H15BO3/c1-21-7-5-6-10-27(21)38(35,36)32-29(34)31-26(19-22-8-3-2-4-9-22)28-30-16-17-33(28)25-13-11-23(12-14-25)24-15-18-37-20-24;1-18-7-5-6-10-23(18)34(32,33)29-25(31)28-22(17-19-8-3-2-4-9-19)24-27-15-16-30(24)21-13-11-20(26)12-14-21;1-9(2)10(3,4)14-11(13-9)8-5-6-12-7-8/h2-18,20,26H,19H2,1H3,(H2,31,32,34);2-16,22H,17H2,1H3,(H2,28,29,31);5-7H,1-4H3/t26-;22-;/m00./s1. The van der Waals surface area contributed by atoms with Crippen LogP contribution in [0.15, 0.2) is 243 Å². The number of rotatable bonds is 16. The van der Waals surface area contributed by atoms with Crippen molar-refractivity contribution in [2.45, 2.75) is 87.5 Å². The molecule has 0 radical (unpaired) electrons. The highest BCUT2D eigenvalue weighted by Gasteiger charge is 2.52. The zero-order valence-electron chi connectivity index (χ0n) is 48.0. The highest BCUT2D eigenvalue weighted by molar-refractivity contribution is 9.10. The van der Waals surface area contributed by atoms with E-state index in [0.29, 0.717) is 35.6 Å². The highest BCUT2D eigenvalue weighted by atomic mass is 79.9. The number of aryl methyl sites for hydroxylation is 2. The summed E-state index contributed by atoms with van der Waals surface area (Å²) < 4.78 is 82.3. The molecular formula is C64H64BBrN8O10S2. The Labute approximate surface area is 509 Å². The molecule has 4 N–H and O–H groups in total. The average molecular weight is 1260 g/mol. The lowest BCUT2D eigenvalue weighted by Gasteiger charge is -2.32. The summed E-state index contributed by atoms with van der Waals surface area (Å²) in [5.74, 6) is 1.14. The van der Waals surface area contributed by atoms with E-state index in [1.54, 1.807) is 93.9 Å². The minimum Gasteiger partial charge on any atom is -0.473 e. The Bertz CT molecular complexity index is 4080. The smallest absolute Gasteiger partial charge is 0.473 e. The van der Waals surface area contributed by atoms with Gasteiger partial charge in [-0.3, -0.25) is 0 Å². The van der Waals surface area contributed by atoms with Crippen LogP contribution in [0.1, 0.15) is 73.7 Å². The predicted molar refractivity (Wildman–Crippen MR) is 333 cm³/mol. The lowest BCUT2D eigenvalue weighted by atomic mass is 9.81. The summed E-state index contributed by atoms with van der Waals surface area (Å²) in [4.78, 5) is 35.0. The number of amides is 4. The zero-order valence-corrected chi connectivity index (χ0v) is 51.2. The van der Waals surface area contributed by atoms with Gasteiger partial charge in [0.25, 0.3) is 20.0 Å². The Morgan fingerprint density at radius 3 is 1.37 bits per heavy atom. The van der Waals surface area contributed by atoms with Crippen LogP contribution in [-0.4, -0.2) is 66.3 Å². The molecule has 6 aromatic carbocycles. The molecule has 0 spiro atoms. The summed E-state index contributed by atoms with van der Waals surface area (Å²) >= 11 is 3.44. The summed E-state index contributed by atoms with van der Waals surface area (Å²) in [6.07, 6.45) is 14.3. The third-order valence-electron chi connectivity index (χ3n) is 14.5. The molecule has 18 nitrogen and oxygen atoms in total. The highest BCUT2D eigenvalue weighted by Crippen LogP contribution is 2.36. The summed E-state index contributed by atoms with van der Waals surface area (Å²) in [6.45, 7) is 11.5. The fourth-order valence-electron chi connectivity index (χ4n) is 9.37. The maximum absolute atomic E-state index is 13.0. The second kappa shape index (κ2) is 27.1. The van der Waals surface area contributed by atoms with Gasteiger partial charge in [0.15, 0.2) is 0 Å². The van der Waals surface area contributed by atoms with Crippen molar-refractivity contribution in [3.63, 3.8) is 0 Å². The summed E-state index contributed by atoms with van der Waals surface area (Å²) in [7, 11) is -8.41. The number of nitrogens with zero attached hydrogens (tertiary/aromatic N) is 4. The van der Waals surface area contributed by atoms with Crippen molar-refractivity contribution in [2.75, 3.05) is 0 Å². The molecule has 1 saturated heterocycles. The van der Waals surface area contributed by atoms with Gasteiger partial charge in [-0.2, -0.15) is 0 Å². The number of aromatic nitrogens is 4. The van der Waals surface area contributed by atoms with Gasteiger partial charge < -0.3 is 37.9 Å². The number of imidazole rings is 2. The third kappa shape index (κ3) is 15.4. The molecule has 0 aliphatic carbocycles. The average Bonchev–Trinajstić information content (AvgIpc) is 2.13. The van der Waals surface area contributed by atoms with E-state index in [-0.39, 0.29) is 28.1 Å². The topological polar surface area (TPSA) is 231 Å². The normalized spacial score (nSPS) is 14.1. The number of hydrogen-bond donors (Lipinski definition) is 4. The van der Waals surface area contributed by atoms with Gasteiger partial charge in [0.05, 0.1) is 58.1 Å². The molecule has 0 unspecified atom stereocenters. The van der Waals surface area contributed by atoms with E-state index in [4.69, 9.17) is 18.1 Å². The monoisotopic (exact) mass is 1260 g/mol. The number of carbonyl (C=O) groups is 2. The lowest BCUT2D eigenvalue weighted by molar-refractivity contribution is 0.00578. The van der Waals surface area contributed by atoms with Gasteiger partial charge in [0.1, 0.15) is 11.6 Å². The number of hydrogen-bond acceptors (Lipinski definition) is 12. The van der Waals surface area contributed by atoms with Crippen LogP contribution in [0.25, 0.3) is 22.5 Å². The van der Waals surface area contributed by atoms with Crippen LogP contribution in [0.3, 0.4) is 0 Å². The second-order valence-electron chi connectivity index (χ2n) is 21.2. The van der Waals surface area contributed by atoms with E-state index < -0.39 is 44.2 Å². The Kier molecular flexibility index (Phi) is 19.4. The van der Waals surface area contributed by atoms with E-state index in [9.17, 15) is 26.4 Å². The number of furan rings is 2.